The highest BCUT2D eigenvalue weighted by Crippen LogP contribution is 2.34. The van der Waals surface area contributed by atoms with Crippen molar-refractivity contribution in [3.63, 3.8) is 0 Å². The van der Waals surface area contributed by atoms with Crippen molar-refractivity contribution < 1.29 is 13.6 Å². The Morgan fingerprint density at radius 2 is 1.95 bits per heavy atom. The molecule has 1 heterocycles. The average Bonchev–Trinajstić information content (AvgIpc) is 2.91. The monoisotopic (exact) mass is 296 g/mol. The van der Waals surface area contributed by atoms with Gasteiger partial charge >= 0.3 is 0 Å². The Hall–Kier alpha value is -2.42. The van der Waals surface area contributed by atoms with Crippen molar-refractivity contribution in [1.82, 2.24) is 0 Å². The highest BCUT2D eigenvalue weighted by molar-refractivity contribution is 5.89. The van der Waals surface area contributed by atoms with Gasteiger partial charge in [0.1, 0.15) is 22.9 Å². The molecule has 0 aliphatic heterocycles. The van der Waals surface area contributed by atoms with E-state index in [9.17, 15) is 9.18 Å². The van der Waals surface area contributed by atoms with Gasteiger partial charge in [0.2, 0.25) is 0 Å². The van der Waals surface area contributed by atoms with E-state index < -0.39 is 0 Å². The minimum absolute atomic E-state index is 0.218. The summed E-state index contributed by atoms with van der Waals surface area (Å²) in [4.78, 5) is 11.7. The fourth-order valence-corrected chi connectivity index (χ4v) is 2.65. The fraction of sp³-hybridized carbons (Fsp3) is 0.211. The van der Waals surface area contributed by atoms with Crippen molar-refractivity contribution in [3.05, 3.63) is 59.9 Å². The number of rotatable bonds is 5. The highest BCUT2D eigenvalue weighted by Gasteiger charge is 2.16. The molecule has 2 nitrogen and oxygen atoms in total. The topological polar surface area (TPSA) is 30.2 Å². The Labute approximate surface area is 128 Å². The van der Waals surface area contributed by atoms with Crippen LogP contribution in [0.1, 0.15) is 25.3 Å². The quantitative estimate of drug-likeness (QED) is 0.651. The molecule has 0 aliphatic rings. The number of benzene rings is 2. The molecule has 0 unspecified atom stereocenters. The molecular weight excluding hydrogens is 279 g/mol. The number of aryl methyl sites for hydroxylation is 1. The van der Waals surface area contributed by atoms with Crippen LogP contribution >= 0.6 is 0 Å². The van der Waals surface area contributed by atoms with Crippen molar-refractivity contribution >= 4 is 16.8 Å². The molecule has 0 aliphatic carbocycles. The molecule has 0 atom stereocenters. The second-order valence-corrected chi connectivity index (χ2v) is 5.31. The first kappa shape index (κ1) is 14.5. The van der Waals surface area contributed by atoms with Gasteiger partial charge in [0, 0.05) is 29.4 Å². The largest absolute Gasteiger partial charge is 0.456 e. The van der Waals surface area contributed by atoms with Gasteiger partial charge in [0.25, 0.3) is 0 Å². The Bertz CT molecular complexity index is 817. The summed E-state index contributed by atoms with van der Waals surface area (Å²) in [7, 11) is 0. The van der Waals surface area contributed by atoms with Crippen LogP contribution in [-0.4, -0.2) is 5.78 Å². The lowest BCUT2D eigenvalue weighted by Gasteiger charge is -2.03. The summed E-state index contributed by atoms with van der Waals surface area (Å²) in [6.07, 6.45) is 1.61. The molecule has 22 heavy (non-hydrogen) atoms. The second-order valence-electron chi connectivity index (χ2n) is 5.31. The molecule has 0 amide bonds. The van der Waals surface area contributed by atoms with Crippen molar-refractivity contribution in [3.8, 4) is 11.3 Å². The summed E-state index contributed by atoms with van der Waals surface area (Å²) in [5, 5.41) is 0.991. The molecule has 3 aromatic rings. The number of carbonyl (C=O) groups excluding carboxylic acids is 1. The smallest absolute Gasteiger partial charge is 0.138 e. The summed E-state index contributed by atoms with van der Waals surface area (Å²) in [6.45, 7) is 1.86. The molecule has 112 valence electrons. The molecule has 0 bridgehead atoms. The minimum atomic E-state index is -0.298. The number of fused-ring (bicyclic) bond motifs is 1. The number of Topliss-reactive ketones (excluding diaryl/α,β-unsaturated/α-hetero) is 1. The molecule has 0 N–H and O–H groups in total. The fourth-order valence-electron chi connectivity index (χ4n) is 2.65. The molecule has 2 aromatic carbocycles. The lowest BCUT2D eigenvalue weighted by atomic mass is 10.00. The van der Waals surface area contributed by atoms with E-state index in [1.165, 1.54) is 12.1 Å². The average molecular weight is 296 g/mol. The molecule has 0 saturated heterocycles. The van der Waals surface area contributed by atoms with Crippen LogP contribution in [0.5, 0.6) is 0 Å². The Kier molecular flexibility index (Phi) is 4.05. The van der Waals surface area contributed by atoms with E-state index in [1.807, 2.05) is 37.3 Å². The predicted octanol–water partition coefficient (Wildman–Crippen LogP) is 5.15. The van der Waals surface area contributed by atoms with Crippen LogP contribution < -0.4 is 0 Å². The summed E-state index contributed by atoms with van der Waals surface area (Å²) in [5.41, 5.74) is 2.44. The van der Waals surface area contributed by atoms with E-state index in [1.54, 1.807) is 6.07 Å². The number of para-hydroxylation sites is 1. The number of hydrogen-bond acceptors (Lipinski definition) is 2. The van der Waals surface area contributed by atoms with Crippen molar-refractivity contribution in [2.45, 2.75) is 26.2 Å². The van der Waals surface area contributed by atoms with Gasteiger partial charge in [-0.3, -0.25) is 4.79 Å². The maximum absolute atomic E-state index is 13.5. The number of halogens is 1. The highest BCUT2D eigenvalue weighted by atomic mass is 19.1. The first-order chi connectivity index (χ1) is 10.7. The summed E-state index contributed by atoms with van der Waals surface area (Å²) in [6, 6.07) is 14.1. The molecule has 0 radical (unpaired) electrons. The SMILES string of the molecule is CCC(=O)CCc1c(-c2cccc(F)c2)oc2ccccc12. The standard InChI is InChI=1S/C19H17FO2/c1-2-15(21)10-11-17-16-8-3-4-9-18(16)22-19(17)13-6-5-7-14(20)12-13/h3-9,12H,2,10-11H2,1H3. The van der Waals surface area contributed by atoms with Gasteiger partial charge in [-0.1, -0.05) is 37.3 Å². The van der Waals surface area contributed by atoms with Gasteiger partial charge in [-0.15, -0.1) is 0 Å². The summed E-state index contributed by atoms with van der Waals surface area (Å²) < 4.78 is 19.4. The van der Waals surface area contributed by atoms with Crippen LogP contribution in [0.2, 0.25) is 0 Å². The molecule has 0 spiro atoms. The van der Waals surface area contributed by atoms with Gasteiger partial charge in [-0.2, -0.15) is 0 Å². The van der Waals surface area contributed by atoms with Crippen LogP contribution in [-0.2, 0) is 11.2 Å². The van der Waals surface area contributed by atoms with Crippen LogP contribution in [0.3, 0.4) is 0 Å². The van der Waals surface area contributed by atoms with Crippen LogP contribution in [0, 0.1) is 5.82 Å². The van der Waals surface area contributed by atoms with Gasteiger partial charge in [-0.05, 0) is 24.6 Å². The van der Waals surface area contributed by atoms with E-state index in [4.69, 9.17) is 4.42 Å². The van der Waals surface area contributed by atoms with Crippen LogP contribution in [0.25, 0.3) is 22.3 Å². The third-order valence-electron chi connectivity index (χ3n) is 3.83. The van der Waals surface area contributed by atoms with Crippen molar-refractivity contribution in [2.75, 3.05) is 0 Å². The van der Waals surface area contributed by atoms with Gasteiger partial charge in [0.15, 0.2) is 0 Å². The van der Waals surface area contributed by atoms with Crippen molar-refractivity contribution in [1.29, 1.82) is 0 Å². The zero-order valence-electron chi connectivity index (χ0n) is 12.4. The maximum Gasteiger partial charge on any atom is 0.138 e. The molecule has 1 aromatic heterocycles. The Morgan fingerprint density at radius 3 is 2.73 bits per heavy atom. The number of hydrogen-bond donors (Lipinski definition) is 0. The maximum atomic E-state index is 13.5. The predicted molar refractivity (Wildman–Crippen MR) is 85.2 cm³/mol. The van der Waals surface area contributed by atoms with Crippen LogP contribution in [0.15, 0.2) is 52.9 Å². The first-order valence-corrected chi connectivity index (χ1v) is 7.47. The third-order valence-corrected chi connectivity index (χ3v) is 3.83. The lowest BCUT2D eigenvalue weighted by Crippen LogP contribution is -1.98. The molecule has 3 heteroatoms. The summed E-state index contributed by atoms with van der Waals surface area (Å²) in [5.74, 6) is 0.577. The Balaban J connectivity index is 2.10. The lowest BCUT2D eigenvalue weighted by molar-refractivity contribution is -0.118. The van der Waals surface area contributed by atoms with Crippen molar-refractivity contribution in [2.24, 2.45) is 0 Å². The van der Waals surface area contributed by atoms with Gasteiger partial charge in [-0.25, -0.2) is 4.39 Å². The van der Waals surface area contributed by atoms with Crippen LogP contribution in [0.4, 0.5) is 4.39 Å². The van der Waals surface area contributed by atoms with E-state index in [0.717, 1.165) is 16.5 Å². The zero-order valence-corrected chi connectivity index (χ0v) is 12.4. The number of ketones is 1. The van der Waals surface area contributed by atoms with E-state index in [-0.39, 0.29) is 11.6 Å². The number of carbonyl (C=O) groups is 1. The van der Waals surface area contributed by atoms with E-state index in [0.29, 0.717) is 30.6 Å². The number of furan rings is 1. The molecule has 3 rings (SSSR count). The zero-order chi connectivity index (χ0) is 15.5. The third kappa shape index (κ3) is 2.80. The first-order valence-electron chi connectivity index (χ1n) is 7.47. The van der Waals surface area contributed by atoms with Gasteiger partial charge < -0.3 is 4.42 Å². The molecule has 0 fully saturated rings. The minimum Gasteiger partial charge on any atom is -0.456 e. The molecular formula is C19H17FO2. The van der Waals surface area contributed by atoms with E-state index >= 15 is 0 Å². The van der Waals surface area contributed by atoms with Gasteiger partial charge in [0.05, 0.1) is 0 Å². The Morgan fingerprint density at radius 1 is 1.14 bits per heavy atom. The summed E-state index contributed by atoms with van der Waals surface area (Å²) >= 11 is 0. The van der Waals surface area contributed by atoms with E-state index in [2.05, 4.69) is 0 Å². The second kappa shape index (κ2) is 6.14. The normalized spacial score (nSPS) is 11.0. The molecule has 0 saturated carbocycles.